The van der Waals surface area contributed by atoms with Crippen LogP contribution in [-0.2, 0) is 45.6 Å². The Morgan fingerprint density at radius 2 is 1.25 bits per heavy atom. The summed E-state index contributed by atoms with van der Waals surface area (Å²) in [6.07, 6.45) is 1.92. The summed E-state index contributed by atoms with van der Waals surface area (Å²) in [4.78, 5) is 11.4. The van der Waals surface area contributed by atoms with Crippen molar-refractivity contribution in [1.82, 2.24) is 9.55 Å². The van der Waals surface area contributed by atoms with E-state index in [1.165, 1.54) is 16.5 Å². The summed E-state index contributed by atoms with van der Waals surface area (Å²) in [5.74, 6) is 0.891. The Labute approximate surface area is 400 Å². The molecule has 4 heterocycles. The molecule has 0 unspecified atom stereocenters. The fraction of sp³-hybridized carbons (Fsp3) is 0.308. The van der Waals surface area contributed by atoms with Crippen LogP contribution in [-0.4, -0.2) is 30.9 Å². The van der Waals surface area contributed by atoms with Gasteiger partial charge in [0, 0.05) is 55.3 Å². The van der Waals surface area contributed by atoms with Crippen molar-refractivity contribution in [3.63, 3.8) is 0 Å². The zero-order valence-corrected chi connectivity index (χ0v) is 42.1. The standard InChI is InChI=1S/C52H56B3N4O3S.Pt/c1-49(2,3)35-29-30-56-47(31-35)59-43-24-14-13-21-39(43)40-28-27-38(33-46(40)59)63-37-20-17-19-36(32-37)57-34-58(45-26-16-15-25-44(45)57)48-41(50(4,5)6)22-18-23-42(48)53-60-54(51(7,8)9)62-55(61-53)52(10,11)12;/h13-31,34H,1-12H3;/q-3;. The zero-order valence-electron chi connectivity index (χ0n) is 39.0. The molecule has 1 fully saturated rings. The van der Waals surface area contributed by atoms with Gasteiger partial charge in [0.1, 0.15) is 5.82 Å². The van der Waals surface area contributed by atoms with Crippen LogP contribution in [0.2, 0.25) is 10.6 Å². The molecule has 2 aliphatic heterocycles. The summed E-state index contributed by atoms with van der Waals surface area (Å²) < 4.78 is 22.3. The van der Waals surface area contributed by atoms with Crippen molar-refractivity contribution in [2.24, 2.45) is 0 Å². The second-order valence-corrected chi connectivity index (χ2v) is 22.1. The fourth-order valence-corrected chi connectivity index (χ4v) is 9.26. The maximum Gasteiger partial charge on any atom is 0.468 e. The predicted molar refractivity (Wildman–Crippen MR) is 265 cm³/mol. The molecule has 0 radical (unpaired) electrons. The second-order valence-electron chi connectivity index (χ2n) is 21.1. The van der Waals surface area contributed by atoms with Crippen LogP contribution in [0.3, 0.4) is 0 Å². The molecular formula is C52H56B3N4O3PtS-3. The molecule has 0 atom stereocenters. The maximum absolute atomic E-state index is 6.78. The van der Waals surface area contributed by atoms with Gasteiger partial charge in [-0.05, 0) is 68.3 Å². The number of benzene rings is 5. The Bertz CT molecular complexity index is 2820. The molecule has 0 N–H and O–H groups in total. The minimum atomic E-state index is -0.657. The minimum absolute atomic E-state index is 0. The molecular weight excluding hydrogens is 988 g/mol. The molecule has 7 nitrogen and oxygen atoms in total. The average molecular weight is 1040 g/mol. The number of fused-ring (bicyclic) bond motifs is 4. The van der Waals surface area contributed by atoms with Crippen LogP contribution in [0.1, 0.15) is 94.2 Å². The minimum Gasteiger partial charge on any atom is -0.493 e. The number of para-hydroxylation sites is 4. The van der Waals surface area contributed by atoms with Gasteiger partial charge in [0.05, 0.1) is 0 Å². The van der Waals surface area contributed by atoms with Crippen molar-refractivity contribution in [3.05, 3.63) is 145 Å². The van der Waals surface area contributed by atoms with E-state index >= 15 is 0 Å². The molecule has 0 saturated carbocycles. The van der Waals surface area contributed by atoms with Crippen LogP contribution in [0.15, 0.2) is 125 Å². The normalized spacial score (nSPS) is 15.0. The first-order chi connectivity index (χ1) is 29.8. The average Bonchev–Trinajstić information content (AvgIpc) is 3.78. The van der Waals surface area contributed by atoms with Crippen molar-refractivity contribution < 1.29 is 34.8 Å². The number of pyridine rings is 1. The third kappa shape index (κ3) is 8.88. The van der Waals surface area contributed by atoms with E-state index in [4.69, 9.17) is 18.7 Å². The summed E-state index contributed by atoms with van der Waals surface area (Å²) in [7, 11) is -1.59. The van der Waals surface area contributed by atoms with Crippen LogP contribution in [0.25, 0.3) is 27.6 Å². The third-order valence-corrected chi connectivity index (χ3v) is 12.7. The summed E-state index contributed by atoms with van der Waals surface area (Å²) in [5, 5.41) is 1.78. The van der Waals surface area contributed by atoms with E-state index in [-0.39, 0.29) is 42.5 Å². The Morgan fingerprint density at radius 1 is 0.609 bits per heavy atom. The molecule has 64 heavy (non-hydrogen) atoms. The molecule has 2 aliphatic rings. The molecule has 0 amide bonds. The van der Waals surface area contributed by atoms with Gasteiger partial charge in [-0.2, -0.15) is 24.3 Å². The van der Waals surface area contributed by atoms with E-state index in [1.807, 2.05) is 6.20 Å². The largest absolute Gasteiger partial charge is 0.493 e. The topological polar surface area (TPSA) is 52.0 Å². The molecule has 0 aliphatic carbocycles. The number of aromatic nitrogens is 2. The van der Waals surface area contributed by atoms with Gasteiger partial charge in [0.2, 0.25) is 0 Å². The second kappa shape index (κ2) is 17.2. The van der Waals surface area contributed by atoms with E-state index in [2.05, 4.69) is 225 Å². The van der Waals surface area contributed by atoms with Crippen LogP contribution in [0, 0.1) is 18.8 Å². The van der Waals surface area contributed by atoms with Gasteiger partial charge in [-0.15, -0.1) is 57.5 Å². The van der Waals surface area contributed by atoms with Crippen LogP contribution < -0.4 is 15.3 Å². The Morgan fingerprint density at radius 3 is 1.92 bits per heavy atom. The van der Waals surface area contributed by atoms with E-state index in [0.717, 1.165) is 60.2 Å². The smallest absolute Gasteiger partial charge is 0.468 e. The SMILES string of the molecule is CC(C)(C)B1OB(c2cccc(C(C)(C)C)c2N2[CH-]N(c3[c-]c(Sc4[c-]c5c(cc4)c4ccccc4n5-c4cc(C(C)(C)C)ccn4)ccc3)c3ccccc32)OB(C(C)(C)C)O1.[Pt]. The van der Waals surface area contributed by atoms with Gasteiger partial charge in [0.15, 0.2) is 0 Å². The molecule has 5 aromatic carbocycles. The predicted octanol–water partition coefficient (Wildman–Crippen LogP) is 13.3. The summed E-state index contributed by atoms with van der Waals surface area (Å²) >= 11 is 1.66. The first-order valence-electron chi connectivity index (χ1n) is 22.0. The van der Waals surface area contributed by atoms with E-state index in [0.29, 0.717) is 0 Å². The first kappa shape index (κ1) is 46.3. The zero-order chi connectivity index (χ0) is 44.6. The number of nitrogens with zero attached hydrogens (tertiary/aromatic N) is 4. The summed E-state index contributed by atoms with van der Waals surface area (Å²) in [6, 6.07) is 46.3. The van der Waals surface area contributed by atoms with E-state index < -0.39 is 21.4 Å². The van der Waals surface area contributed by atoms with Gasteiger partial charge in [-0.1, -0.05) is 137 Å². The maximum atomic E-state index is 6.78. The Balaban J connectivity index is 0.00000560. The number of hydrogen-bond acceptors (Lipinski definition) is 7. The number of rotatable bonds is 6. The van der Waals surface area contributed by atoms with Crippen molar-refractivity contribution in [1.29, 1.82) is 0 Å². The molecule has 9 rings (SSSR count). The van der Waals surface area contributed by atoms with E-state index in [9.17, 15) is 0 Å². The monoisotopic (exact) mass is 1040 g/mol. The molecule has 7 aromatic rings. The van der Waals surface area contributed by atoms with Crippen molar-refractivity contribution in [2.45, 2.75) is 114 Å². The van der Waals surface area contributed by atoms with Crippen molar-refractivity contribution in [3.8, 4) is 5.82 Å². The molecule has 0 bridgehead atoms. The summed E-state index contributed by atoms with van der Waals surface area (Å²) in [6.45, 7) is 28.6. The van der Waals surface area contributed by atoms with Crippen LogP contribution in [0.5, 0.6) is 0 Å². The Hall–Kier alpha value is -4.24. The van der Waals surface area contributed by atoms with Gasteiger partial charge in [0.25, 0.3) is 0 Å². The molecule has 330 valence electrons. The molecule has 12 heteroatoms. The van der Waals surface area contributed by atoms with Crippen molar-refractivity contribution in [2.75, 3.05) is 9.80 Å². The fourth-order valence-electron chi connectivity index (χ4n) is 8.44. The summed E-state index contributed by atoms with van der Waals surface area (Å²) in [5.41, 5.74) is 9.37. The van der Waals surface area contributed by atoms with Crippen molar-refractivity contribution >= 4 is 83.1 Å². The number of hydrogen-bond donors (Lipinski definition) is 0. The van der Waals surface area contributed by atoms with Gasteiger partial charge in [-0.3, -0.25) is 0 Å². The van der Waals surface area contributed by atoms with E-state index in [1.54, 1.807) is 11.8 Å². The Kier molecular flexibility index (Phi) is 12.4. The first-order valence-corrected chi connectivity index (χ1v) is 22.8. The number of anilines is 4. The molecule has 0 spiro atoms. The van der Waals surface area contributed by atoms with Crippen LogP contribution in [0.4, 0.5) is 22.7 Å². The van der Waals surface area contributed by atoms with Gasteiger partial charge < -0.3 is 28.1 Å². The van der Waals surface area contributed by atoms with Crippen LogP contribution >= 0.6 is 11.8 Å². The van der Waals surface area contributed by atoms with Gasteiger partial charge in [-0.25, -0.2) is 4.98 Å². The quantitative estimate of drug-likeness (QED) is 0.121. The third-order valence-electron chi connectivity index (χ3n) is 11.8. The van der Waals surface area contributed by atoms with Gasteiger partial charge >= 0.3 is 21.4 Å². The molecule has 1 saturated heterocycles. The molecule has 2 aromatic heterocycles.